The number of likely N-dealkylation sites (tertiary alicyclic amines) is 1. The number of rotatable bonds is 5. The van der Waals surface area contributed by atoms with Gasteiger partial charge in [-0.05, 0) is 51.5 Å². The summed E-state index contributed by atoms with van der Waals surface area (Å²) in [6.45, 7) is 12.2. The van der Waals surface area contributed by atoms with E-state index in [1.54, 1.807) is 17.0 Å². The molecule has 0 radical (unpaired) electrons. The predicted molar refractivity (Wildman–Crippen MR) is 160 cm³/mol. The van der Waals surface area contributed by atoms with Crippen LogP contribution in [-0.4, -0.2) is 50.3 Å². The lowest BCUT2D eigenvalue weighted by Gasteiger charge is -2.33. The second kappa shape index (κ2) is 11.0. The molecular formula is C32H35N5O5. The lowest BCUT2D eigenvalue weighted by Crippen LogP contribution is -2.44. The molecule has 5 rings (SSSR count). The van der Waals surface area contributed by atoms with Crippen molar-refractivity contribution in [1.82, 2.24) is 14.5 Å². The van der Waals surface area contributed by atoms with Gasteiger partial charge >= 0.3 is 11.8 Å². The van der Waals surface area contributed by atoms with Crippen molar-refractivity contribution in [3.05, 3.63) is 69.5 Å². The molecule has 10 heteroatoms. The molecule has 0 aliphatic carbocycles. The number of aromatic nitrogens is 2. The van der Waals surface area contributed by atoms with Crippen LogP contribution in [0.1, 0.15) is 70.3 Å². The Morgan fingerprint density at radius 3 is 2.40 bits per heavy atom. The summed E-state index contributed by atoms with van der Waals surface area (Å²) in [5.74, 6) is 0.802. The van der Waals surface area contributed by atoms with Crippen molar-refractivity contribution in [2.75, 3.05) is 13.1 Å². The largest absolute Gasteiger partial charge is 0.483 e. The van der Waals surface area contributed by atoms with Gasteiger partial charge in [0, 0.05) is 42.6 Å². The number of carbonyl (C=O) groups is 1. The number of benzene rings is 3. The Bertz CT molecular complexity index is 1740. The number of carbonyl (C=O) groups excluding carboxylic acids is 1. The Morgan fingerprint density at radius 1 is 1.14 bits per heavy atom. The van der Waals surface area contributed by atoms with Gasteiger partial charge < -0.3 is 14.4 Å². The van der Waals surface area contributed by atoms with E-state index in [1.807, 2.05) is 76.4 Å². The number of hydrogen-bond donors (Lipinski definition) is 0. The van der Waals surface area contributed by atoms with Crippen LogP contribution in [0.5, 0.6) is 5.75 Å². The first-order chi connectivity index (χ1) is 19.9. The quantitative estimate of drug-likeness (QED) is 0.184. The summed E-state index contributed by atoms with van der Waals surface area (Å²) in [5.41, 5.74) is 2.15. The van der Waals surface area contributed by atoms with Crippen LogP contribution in [0.15, 0.2) is 42.5 Å². The highest BCUT2D eigenvalue weighted by Crippen LogP contribution is 2.42. The van der Waals surface area contributed by atoms with E-state index in [-0.39, 0.29) is 29.6 Å². The zero-order chi connectivity index (χ0) is 30.3. The van der Waals surface area contributed by atoms with Crippen molar-refractivity contribution in [2.24, 2.45) is 0 Å². The Morgan fingerprint density at radius 2 is 1.81 bits per heavy atom. The molecule has 1 amide bonds. The van der Waals surface area contributed by atoms with E-state index in [4.69, 9.17) is 14.5 Å². The molecule has 1 saturated heterocycles. The van der Waals surface area contributed by atoms with Gasteiger partial charge in [0.2, 0.25) is 0 Å². The second-order valence-electron chi connectivity index (χ2n) is 12.0. The molecule has 0 unspecified atom stereocenters. The highest BCUT2D eigenvalue weighted by molar-refractivity contribution is 5.99. The van der Waals surface area contributed by atoms with Crippen LogP contribution in [0, 0.1) is 28.4 Å². The minimum absolute atomic E-state index is 0.0487. The molecule has 1 fully saturated rings. The molecule has 218 valence electrons. The Labute approximate surface area is 244 Å². The minimum atomic E-state index is -0.587. The lowest BCUT2D eigenvalue weighted by atomic mass is 10.0. The summed E-state index contributed by atoms with van der Waals surface area (Å²) in [4.78, 5) is 31.4. The van der Waals surface area contributed by atoms with Crippen LogP contribution in [0.2, 0.25) is 0 Å². The van der Waals surface area contributed by atoms with Crippen molar-refractivity contribution in [1.29, 1.82) is 5.26 Å². The van der Waals surface area contributed by atoms with Crippen LogP contribution in [-0.2, 0) is 4.74 Å². The van der Waals surface area contributed by atoms with Gasteiger partial charge in [-0.1, -0.05) is 38.1 Å². The molecule has 2 heterocycles. The average Bonchev–Trinajstić information content (AvgIpc) is 3.33. The SMILES string of the molecule is Cc1cc(OC2CCN(C(=O)OC(C)(C)C)CC2)c([N+](=O)[O-])c2c1nc(C(C)C)n2-c1ccc(C#N)c2ccccc12. The Balaban J connectivity index is 1.61. The molecule has 1 aromatic heterocycles. The third-order valence-corrected chi connectivity index (χ3v) is 7.43. The van der Waals surface area contributed by atoms with Crippen LogP contribution >= 0.6 is 0 Å². The summed E-state index contributed by atoms with van der Waals surface area (Å²) in [6, 6.07) is 15.1. The molecule has 1 aliphatic rings. The maximum atomic E-state index is 12.8. The fourth-order valence-electron chi connectivity index (χ4n) is 5.52. The molecule has 0 atom stereocenters. The number of nitro groups is 1. The maximum absolute atomic E-state index is 12.8. The van der Waals surface area contributed by atoms with E-state index < -0.39 is 10.5 Å². The number of amides is 1. The molecule has 42 heavy (non-hydrogen) atoms. The molecule has 0 saturated carbocycles. The molecular weight excluding hydrogens is 534 g/mol. The third-order valence-electron chi connectivity index (χ3n) is 7.43. The van der Waals surface area contributed by atoms with Gasteiger partial charge in [-0.3, -0.25) is 14.7 Å². The fraction of sp³-hybridized carbons (Fsp3) is 0.406. The zero-order valence-electron chi connectivity index (χ0n) is 24.8. The number of piperidine rings is 1. The van der Waals surface area contributed by atoms with Gasteiger partial charge in [-0.15, -0.1) is 0 Å². The van der Waals surface area contributed by atoms with Crippen molar-refractivity contribution in [2.45, 2.75) is 72.0 Å². The first-order valence-electron chi connectivity index (χ1n) is 14.2. The van der Waals surface area contributed by atoms with Crippen molar-refractivity contribution in [3.8, 4) is 17.5 Å². The van der Waals surface area contributed by atoms with Crippen LogP contribution in [0.25, 0.3) is 27.5 Å². The van der Waals surface area contributed by atoms with E-state index in [2.05, 4.69) is 6.07 Å². The smallest absolute Gasteiger partial charge is 0.410 e. The molecule has 10 nitrogen and oxygen atoms in total. The monoisotopic (exact) mass is 569 g/mol. The molecule has 3 aromatic carbocycles. The van der Waals surface area contributed by atoms with Gasteiger partial charge in [0.05, 0.1) is 27.8 Å². The summed E-state index contributed by atoms with van der Waals surface area (Å²) in [6.07, 6.45) is 0.356. The van der Waals surface area contributed by atoms with Gasteiger partial charge in [0.25, 0.3) is 0 Å². The van der Waals surface area contributed by atoms with Gasteiger partial charge in [-0.2, -0.15) is 5.26 Å². The Kier molecular flexibility index (Phi) is 7.54. The van der Waals surface area contributed by atoms with Crippen molar-refractivity contribution < 1.29 is 19.2 Å². The summed E-state index contributed by atoms with van der Waals surface area (Å²) in [5, 5.41) is 24.0. The fourth-order valence-corrected chi connectivity index (χ4v) is 5.52. The molecule has 0 spiro atoms. The summed E-state index contributed by atoms with van der Waals surface area (Å²) < 4.78 is 13.7. The average molecular weight is 570 g/mol. The highest BCUT2D eigenvalue weighted by Gasteiger charge is 2.33. The second-order valence-corrected chi connectivity index (χ2v) is 12.0. The van der Waals surface area contributed by atoms with E-state index in [0.29, 0.717) is 54.0 Å². The molecule has 1 aliphatic heterocycles. The number of imidazole rings is 1. The number of nitro benzene ring substituents is 1. The number of nitriles is 1. The number of ether oxygens (including phenoxy) is 2. The van der Waals surface area contributed by atoms with Gasteiger partial charge in [0.15, 0.2) is 11.3 Å². The van der Waals surface area contributed by atoms with Crippen LogP contribution < -0.4 is 4.74 Å². The summed E-state index contributed by atoms with van der Waals surface area (Å²) in [7, 11) is 0. The first kappa shape index (κ1) is 28.9. The number of fused-ring (bicyclic) bond motifs is 2. The number of hydrogen-bond acceptors (Lipinski definition) is 7. The third kappa shape index (κ3) is 5.34. The highest BCUT2D eigenvalue weighted by atomic mass is 16.6. The summed E-state index contributed by atoms with van der Waals surface area (Å²) >= 11 is 0. The van der Waals surface area contributed by atoms with Gasteiger partial charge in [0.1, 0.15) is 17.5 Å². The predicted octanol–water partition coefficient (Wildman–Crippen LogP) is 7.17. The number of nitrogens with zero attached hydrogens (tertiary/aromatic N) is 5. The zero-order valence-corrected chi connectivity index (χ0v) is 24.8. The van der Waals surface area contributed by atoms with E-state index in [0.717, 1.165) is 16.3 Å². The van der Waals surface area contributed by atoms with Crippen molar-refractivity contribution >= 4 is 33.6 Å². The van der Waals surface area contributed by atoms with E-state index in [9.17, 15) is 20.2 Å². The van der Waals surface area contributed by atoms with Crippen LogP contribution in [0.4, 0.5) is 10.5 Å². The standard InChI is InChI=1S/C32H35N5O5/c1-19(2)30-34-27-20(3)17-26(41-22-13-15-35(16-14-22)31(38)42-32(4,5)6)28(37(39)40)29(27)36(30)25-12-11-21(18-33)23-9-7-8-10-24(23)25/h7-12,17,19,22H,13-16H2,1-6H3. The minimum Gasteiger partial charge on any atom is -0.483 e. The van der Waals surface area contributed by atoms with Crippen molar-refractivity contribution in [3.63, 3.8) is 0 Å². The molecule has 0 N–H and O–H groups in total. The topological polar surface area (TPSA) is 124 Å². The van der Waals surface area contributed by atoms with E-state index >= 15 is 0 Å². The van der Waals surface area contributed by atoms with Crippen LogP contribution in [0.3, 0.4) is 0 Å². The Hall–Kier alpha value is -4.65. The van der Waals surface area contributed by atoms with E-state index in [1.165, 1.54) is 0 Å². The maximum Gasteiger partial charge on any atom is 0.410 e. The lowest BCUT2D eigenvalue weighted by molar-refractivity contribution is -0.384. The van der Waals surface area contributed by atoms with Gasteiger partial charge in [-0.25, -0.2) is 9.78 Å². The first-order valence-corrected chi connectivity index (χ1v) is 14.2. The number of aryl methyl sites for hydroxylation is 1. The normalized spacial score (nSPS) is 14.4. The molecule has 0 bridgehead atoms. The molecule has 4 aromatic rings.